The molecule has 4 aromatic rings. The molecule has 1 aromatic heterocycles. The summed E-state index contributed by atoms with van der Waals surface area (Å²) in [5.74, 6) is 1.04. The highest BCUT2D eigenvalue weighted by atomic mass is 19.1. The molecule has 0 N–H and O–H groups in total. The molecular weight excluding hydrogens is 459 g/mol. The standard InChI is InChI=1S/C28H27FN4O3/c1-35-24-16-23(17-25(18-24)36-2)31-12-14-32(15-13-31)28(34)27-19-26(20-8-10-21(29)11-9-20)30-33(27)22-6-4-3-5-7-22/h3-11,16-19H,12-15H2,1-2H3. The van der Waals surface area contributed by atoms with Crippen LogP contribution in [-0.4, -0.2) is 61.0 Å². The van der Waals surface area contributed by atoms with Crippen molar-refractivity contribution in [2.24, 2.45) is 0 Å². The number of benzene rings is 3. The van der Waals surface area contributed by atoms with Gasteiger partial charge in [-0.3, -0.25) is 4.79 Å². The fraction of sp³-hybridized carbons (Fsp3) is 0.214. The molecule has 0 aliphatic carbocycles. The van der Waals surface area contributed by atoms with Gasteiger partial charge in [-0.15, -0.1) is 0 Å². The van der Waals surface area contributed by atoms with Gasteiger partial charge in [0.25, 0.3) is 5.91 Å². The Morgan fingerprint density at radius 1 is 0.806 bits per heavy atom. The Bertz CT molecular complexity index is 1320. The summed E-state index contributed by atoms with van der Waals surface area (Å²) in [6, 6.07) is 23.2. The van der Waals surface area contributed by atoms with Crippen molar-refractivity contribution in [3.05, 3.63) is 90.4 Å². The molecule has 0 saturated carbocycles. The molecule has 5 rings (SSSR count). The monoisotopic (exact) mass is 486 g/mol. The second-order valence-corrected chi connectivity index (χ2v) is 8.52. The molecule has 3 aromatic carbocycles. The van der Waals surface area contributed by atoms with Crippen LogP contribution in [0.4, 0.5) is 10.1 Å². The molecule has 1 aliphatic rings. The van der Waals surface area contributed by atoms with Crippen LogP contribution in [0.3, 0.4) is 0 Å². The molecule has 0 bridgehead atoms. The fourth-order valence-corrected chi connectivity index (χ4v) is 4.37. The number of methoxy groups -OCH3 is 2. The van der Waals surface area contributed by atoms with Crippen LogP contribution in [-0.2, 0) is 0 Å². The summed E-state index contributed by atoms with van der Waals surface area (Å²) in [5, 5.41) is 4.71. The van der Waals surface area contributed by atoms with Crippen LogP contribution < -0.4 is 14.4 Å². The molecule has 1 amide bonds. The topological polar surface area (TPSA) is 59.8 Å². The summed E-state index contributed by atoms with van der Waals surface area (Å²) < 4.78 is 25.9. The molecule has 0 atom stereocenters. The van der Waals surface area contributed by atoms with E-state index in [1.807, 2.05) is 53.4 Å². The number of rotatable bonds is 6. The number of anilines is 1. The van der Waals surface area contributed by atoms with E-state index in [-0.39, 0.29) is 11.7 Å². The third-order valence-electron chi connectivity index (χ3n) is 6.34. The Morgan fingerprint density at radius 3 is 2.06 bits per heavy atom. The van der Waals surface area contributed by atoms with Gasteiger partial charge in [-0.25, -0.2) is 9.07 Å². The van der Waals surface area contributed by atoms with Crippen LogP contribution in [0, 0.1) is 5.82 Å². The summed E-state index contributed by atoms with van der Waals surface area (Å²) in [6.07, 6.45) is 0. The van der Waals surface area contributed by atoms with Gasteiger partial charge >= 0.3 is 0 Å². The highest BCUT2D eigenvalue weighted by molar-refractivity contribution is 5.94. The van der Waals surface area contributed by atoms with E-state index >= 15 is 0 Å². The smallest absolute Gasteiger partial charge is 0.272 e. The van der Waals surface area contributed by atoms with E-state index in [1.165, 1.54) is 12.1 Å². The summed E-state index contributed by atoms with van der Waals surface area (Å²) >= 11 is 0. The number of aromatic nitrogens is 2. The summed E-state index contributed by atoms with van der Waals surface area (Å²) in [7, 11) is 3.26. The lowest BCUT2D eigenvalue weighted by Gasteiger charge is -2.36. The van der Waals surface area contributed by atoms with Crippen LogP contribution in [0.25, 0.3) is 16.9 Å². The van der Waals surface area contributed by atoms with E-state index in [9.17, 15) is 9.18 Å². The van der Waals surface area contributed by atoms with Gasteiger partial charge in [-0.05, 0) is 42.5 Å². The number of piperazine rings is 1. The van der Waals surface area contributed by atoms with Crippen LogP contribution in [0.5, 0.6) is 11.5 Å². The molecule has 36 heavy (non-hydrogen) atoms. The second kappa shape index (κ2) is 10.1. The molecular formula is C28H27FN4O3. The summed E-state index contributed by atoms with van der Waals surface area (Å²) in [6.45, 7) is 2.47. The first-order chi connectivity index (χ1) is 17.6. The first-order valence-corrected chi connectivity index (χ1v) is 11.7. The predicted octanol–water partition coefficient (Wildman–Crippen LogP) is 4.66. The minimum Gasteiger partial charge on any atom is -0.497 e. The maximum Gasteiger partial charge on any atom is 0.272 e. The molecule has 1 saturated heterocycles. The maximum atomic E-state index is 13.7. The SMILES string of the molecule is COc1cc(OC)cc(N2CCN(C(=O)c3cc(-c4ccc(F)cc4)nn3-c3ccccc3)CC2)c1. The van der Waals surface area contributed by atoms with Crippen LogP contribution in [0.15, 0.2) is 78.9 Å². The maximum absolute atomic E-state index is 13.7. The van der Waals surface area contributed by atoms with E-state index in [1.54, 1.807) is 37.1 Å². The Labute approximate surface area is 209 Å². The van der Waals surface area contributed by atoms with Gasteiger partial charge in [0, 0.05) is 55.6 Å². The minimum absolute atomic E-state index is 0.0948. The average Bonchev–Trinajstić information content (AvgIpc) is 3.39. The number of carbonyl (C=O) groups is 1. The van der Waals surface area contributed by atoms with Crippen molar-refractivity contribution < 1.29 is 18.7 Å². The Morgan fingerprint density at radius 2 is 1.44 bits per heavy atom. The number of hydrogen-bond donors (Lipinski definition) is 0. The lowest BCUT2D eigenvalue weighted by molar-refractivity contribution is 0.0737. The quantitative estimate of drug-likeness (QED) is 0.397. The summed E-state index contributed by atoms with van der Waals surface area (Å²) in [4.78, 5) is 17.7. The van der Waals surface area contributed by atoms with Crippen molar-refractivity contribution in [2.45, 2.75) is 0 Å². The third-order valence-corrected chi connectivity index (χ3v) is 6.34. The Balaban J connectivity index is 1.39. The number of nitrogens with zero attached hydrogens (tertiary/aromatic N) is 4. The Kier molecular flexibility index (Phi) is 6.58. The average molecular weight is 487 g/mol. The first kappa shape index (κ1) is 23.4. The van der Waals surface area contributed by atoms with Gasteiger partial charge in [0.15, 0.2) is 0 Å². The molecule has 1 fully saturated rings. The van der Waals surface area contributed by atoms with E-state index in [0.29, 0.717) is 37.6 Å². The highest BCUT2D eigenvalue weighted by Crippen LogP contribution is 2.29. The van der Waals surface area contributed by atoms with E-state index in [4.69, 9.17) is 14.6 Å². The van der Waals surface area contributed by atoms with Crippen molar-refractivity contribution in [3.8, 4) is 28.4 Å². The van der Waals surface area contributed by atoms with Gasteiger partial charge in [0.05, 0.1) is 25.6 Å². The number of ether oxygens (including phenoxy) is 2. The number of halogens is 1. The molecule has 0 spiro atoms. The zero-order chi connectivity index (χ0) is 25.1. The van der Waals surface area contributed by atoms with E-state index < -0.39 is 0 Å². The van der Waals surface area contributed by atoms with Crippen molar-refractivity contribution in [1.29, 1.82) is 0 Å². The van der Waals surface area contributed by atoms with Crippen molar-refractivity contribution in [1.82, 2.24) is 14.7 Å². The molecule has 1 aliphatic heterocycles. The zero-order valence-corrected chi connectivity index (χ0v) is 20.2. The number of hydrogen-bond acceptors (Lipinski definition) is 5. The molecule has 184 valence electrons. The van der Waals surface area contributed by atoms with Gasteiger partial charge < -0.3 is 19.3 Å². The van der Waals surface area contributed by atoms with Crippen molar-refractivity contribution in [2.75, 3.05) is 45.3 Å². The number of carbonyl (C=O) groups excluding carboxylic acids is 1. The van der Waals surface area contributed by atoms with Crippen molar-refractivity contribution >= 4 is 11.6 Å². The minimum atomic E-state index is -0.316. The summed E-state index contributed by atoms with van der Waals surface area (Å²) in [5.41, 5.74) is 3.61. The Hall–Kier alpha value is -4.33. The van der Waals surface area contributed by atoms with Crippen LogP contribution >= 0.6 is 0 Å². The molecule has 8 heteroatoms. The van der Waals surface area contributed by atoms with Crippen LogP contribution in [0.2, 0.25) is 0 Å². The number of amides is 1. The predicted molar refractivity (Wildman–Crippen MR) is 137 cm³/mol. The van der Waals surface area contributed by atoms with Gasteiger partial charge in [-0.1, -0.05) is 18.2 Å². The molecule has 0 radical (unpaired) electrons. The highest BCUT2D eigenvalue weighted by Gasteiger charge is 2.27. The fourth-order valence-electron chi connectivity index (χ4n) is 4.37. The molecule has 7 nitrogen and oxygen atoms in total. The lowest BCUT2D eigenvalue weighted by atomic mass is 10.1. The first-order valence-electron chi connectivity index (χ1n) is 11.7. The molecule has 0 unspecified atom stereocenters. The van der Waals surface area contributed by atoms with Crippen molar-refractivity contribution in [3.63, 3.8) is 0 Å². The molecule has 2 heterocycles. The largest absolute Gasteiger partial charge is 0.497 e. The van der Waals surface area contributed by atoms with Gasteiger partial charge in [0.2, 0.25) is 0 Å². The number of para-hydroxylation sites is 1. The second-order valence-electron chi connectivity index (χ2n) is 8.52. The van der Waals surface area contributed by atoms with Crippen LogP contribution in [0.1, 0.15) is 10.5 Å². The van der Waals surface area contributed by atoms with E-state index in [0.717, 1.165) is 28.4 Å². The normalized spacial score (nSPS) is 13.5. The van der Waals surface area contributed by atoms with Gasteiger partial charge in [-0.2, -0.15) is 5.10 Å². The zero-order valence-electron chi connectivity index (χ0n) is 20.2. The lowest BCUT2D eigenvalue weighted by Crippen LogP contribution is -2.49. The van der Waals surface area contributed by atoms with E-state index in [2.05, 4.69) is 4.90 Å². The third kappa shape index (κ3) is 4.75. The van der Waals surface area contributed by atoms with Gasteiger partial charge in [0.1, 0.15) is 23.0 Å².